The van der Waals surface area contributed by atoms with Gasteiger partial charge in [0.15, 0.2) is 0 Å². The van der Waals surface area contributed by atoms with Crippen molar-refractivity contribution in [1.82, 2.24) is 0 Å². The Morgan fingerprint density at radius 2 is 2.09 bits per heavy atom. The quantitative estimate of drug-likeness (QED) is 0.404. The largest absolute Gasteiger partial charge is 0.465 e. The molecule has 0 atom stereocenters. The van der Waals surface area contributed by atoms with Gasteiger partial charge in [-0.25, -0.2) is 4.79 Å². The first-order valence-electron chi connectivity index (χ1n) is 6.26. The van der Waals surface area contributed by atoms with Gasteiger partial charge in [-0.1, -0.05) is 30.4 Å². The van der Waals surface area contributed by atoms with Gasteiger partial charge in [0.2, 0.25) is 0 Å². The van der Waals surface area contributed by atoms with Gasteiger partial charge in [-0.05, 0) is 18.2 Å². The maximum absolute atomic E-state index is 11.8. The number of nitriles is 1. The topological polar surface area (TPSA) is 89.2 Å². The van der Waals surface area contributed by atoms with Gasteiger partial charge in [0.05, 0.1) is 18.2 Å². The summed E-state index contributed by atoms with van der Waals surface area (Å²) in [5.41, 5.74) is 6.58. The number of nitrogens with two attached hydrogens (primary N) is 1. The number of thiocarbonyl (C=S) groups is 1. The summed E-state index contributed by atoms with van der Waals surface area (Å²) in [6, 6.07) is 12.2. The molecule has 6 heteroatoms. The lowest BCUT2D eigenvalue weighted by Gasteiger charge is -2.04. The Labute approximate surface area is 132 Å². The average molecular weight is 312 g/mol. The Morgan fingerprint density at radius 1 is 1.36 bits per heavy atom. The highest BCUT2D eigenvalue weighted by Gasteiger charge is 2.15. The number of carbonyl (C=O) groups is 1. The molecule has 0 fully saturated rings. The predicted octanol–water partition coefficient (Wildman–Crippen LogP) is 2.93. The van der Waals surface area contributed by atoms with Crippen LogP contribution in [0.2, 0.25) is 0 Å². The normalized spacial score (nSPS) is 10.8. The molecule has 0 saturated heterocycles. The first-order chi connectivity index (χ1) is 10.6. The van der Waals surface area contributed by atoms with Crippen LogP contribution in [-0.2, 0) is 4.74 Å². The molecule has 0 aliphatic rings. The molecule has 1 aromatic carbocycles. The molecule has 0 aliphatic carbocycles. The number of furan rings is 1. The summed E-state index contributed by atoms with van der Waals surface area (Å²) in [4.78, 5) is 11.8. The molecule has 2 aromatic rings. The van der Waals surface area contributed by atoms with E-state index in [1.807, 2.05) is 6.07 Å². The van der Waals surface area contributed by atoms with Gasteiger partial charge in [0.1, 0.15) is 22.6 Å². The zero-order valence-corrected chi connectivity index (χ0v) is 12.5. The molecule has 2 rings (SSSR count). The van der Waals surface area contributed by atoms with Crippen LogP contribution in [0.25, 0.3) is 17.4 Å². The van der Waals surface area contributed by atoms with Crippen molar-refractivity contribution < 1.29 is 13.9 Å². The first-order valence-corrected chi connectivity index (χ1v) is 6.66. The predicted molar refractivity (Wildman–Crippen MR) is 85.9 cm³/mol. The standard InChI is InChI=1S/C16H12N2O3S/c1-20-16(19)13-5-3-2-4-12(13)14-7-6-11(21-14)8-10(9-17)15(18)22/h2-8H,1H3,(H2,18,22)/b10-8-. The summed E-state index contributed by atoms with van der Waals surface area (Å²) in [7, 11) is 1.32. The maximum atomic E-state index is 11.8. The molecule has 0 aliphatic heterocycles. The van der Waals surface area contributed by atoms with Crippen molar-refractivity contribution in [3.05, 3.63) is 53.3 Å². The molecular weight excluding hydrogens is 300 g/mol. The highest BCUT2D eigenvalue weighted by molar-refractivity contribution is 7.80. The number of ether oxygens (including phenoxy) is 1. The fourth-order valence-electron chi connectivity index (χ4n) is 1.86. The number of rotatable bonds is 4. The Hall–Kier alpha value is -2.91. The van der Waals surface area contributed by atoms with Crippen LogP contribution >= 0.6 is 12.2 Å². The molecule has 22 heavy (non-hydrogen) atoms. The van der Waals surface area contributed by atoms with Gasteiger partial charge in [0.25, 0.3) is 0 Å². The lowest BCUT2D eigenvalue weighted by Crippen LogP contribution is -2.09. The number of hydrogen-bond acceptors (Lipinski definition) is 5. The lowest BCUT2D eigenvalue weighted by molar-refractivity contribution is 0.0601. The van der Waals surface area contributed by atoms with Crippen molar-refractivity contribution in [3.8, 4) is 17.4 Å². The number of benzene rings is 1. The van der Waals surface area contributed by atoms with E-state index in [2.05, 4.69) is 0 Å². The number of carbonyl (C=O) groups excluding carboxylic acids is 1. The Morgan fingerprint density at radius 3 is 2.73 bits per heavy atom. The smallest absolute Gasteiger partial charge is 0.338 e. The molecule has 0 bridgehead atoms. The fourth-order valence-corrected chi connectivity index (χ4v) is 1.97. The van der Waals surface area contributed by atoms with Crippen molar-refractivity contribution in [2.75, 3.05) is 7.11 Å². The van der Waals surface area contributed by atoms with E-state index in [4.69, 9.17) is 32.4 Å². The molecule has 0 radical (unpaired) electrons. The fraction of sp³-hybridized carbons (Fsp3) is 0.0625. The average Bonchev–Trinajstić information content (AvgIpc) is 3.00. The van der Waals surface area contributed by atoms with Gasteiger partial charge >= 0.3 is 5.97 Å². The van der Waals surface area contributed by atoms with E-state index in [0.29, 0.717) is 22.6 Å². The third-order valence-corrected chi connectivity index (χ3v) is 3.12. The Kier molecular flexibility index (Phi) is 4.71. The number of nitrogens with zero attached hydrogens (tertiary/aromatic N) is 1. The zero-order chi connectivity index (χ0) is 16.1. The van der Waals surface area contributed by atoms with Crippen LogP contribution < -0.4 is 5.73 Å². The van der Waals surface area contributed by atoms with E-state index in [9.17, 15) is 4.79 Å². The van der Waals surface area contributed by atoms with E-state index < -0.39 is 5.97 Å². The van der Waals surface area contributed by atoms with Gasteiger partial charge in [-0.3, -0.25) is 0 Å². The minimum atomic E-state index is -0.454. The van der Waals surface area contributed by atoms with Gasteiger partial charge in [-0.15, -0.1) is 0 Å². The van der Waals surface area contributed by atoms with Crippen LogP contribution in [0.1, 0.15) is 16.1 Å². The highest BCUT2D eigenvalue weighted by atomic mass is 32.1. The lowest BCUT2D eigenvalue weighted by atomic mass is 10.1. The number of esters is 1. The molecule has 1 aromatic heterocycles. The third-order valence-electron chi connectivity index (χ3n) is 2.90. The molecule has 0 spiro atoms. The molecule has 0 amide bonds. The Balaban J connectivity index is 2.44. The van der Waals surface area contributed by atoms with E-state index in [1.54, 1.807) is 36.4 Å². The van der Waals surface area contributed by atoms with Crippen molar-refractivity contribution in [2.24, 2.45) is 5.73 Å². The Bertz CT molecular complexity index is 800. The molecule has 0 saturated carbocycles. The van der Waals surface area contributed by atoms with E-state index >= 15 is 0 Å². The van der Waals surface area contributed by atoms with Gasteiger partial charge < -0.3 is 14.9 Å². The number of hydrogen-bond donors (Lipinski definition) is 1. The highest BCUT2D eigenvalue weighted by Crippen LogP contribution is 2.27. The van der Waals surface area contributed by atoms with Crippen LogP contribution in [0.4, 0.5) is 0 Å². The van der Waals surface area contributed by atoms with Crippen molar-refractivity contribution in [1.29, 1.82) is 5.26 Å². The van der Waals surface area contributed by atoms with E-state index in [1.165, 1.54) is 13.2 Å². The van der Waals surface area contributed by atoms with Gasteiger partial charge in [-0.2, -0.15) is 5.26 Å². The minimum absolute atomic E-state index is 0.00425. The van der Waals surface area contributed by atoms with Crippen LogP contribution in [0.15, 0.2) is 46.4 Å². The summed E-state index contributed by atoms with van der Waals surface area (Å²) in [5, 5.41) is 8.94. The second kappa shape index (κ2) is 6.70. The van der Waals surface area contributed by atoms with Crippen LogP contribution in [0.5, 0.6) is 0 Å². The van der Waals surface area contributed by atoms with E-state index in [-0.39, 0.29) is 10.6 Å². The SMILES string of the molecule is COC(=O)c1ccccc1-c1ccc(/C=C(/C#N)C(N)=S)o1. The molecule has 2 N–H and O–H groups in total. The maximum Gasteiger partial charge on any atom is 0.338 e. The number of methoxy groups -OCH3 is 1. The monoisotopic (exact) mass is 312 g/mol. The summed E-state index contributed by atoms with van der Waals surface area (Å²) in [6.45, 7) is 0. The minimum Gasteiger partial charge on any atom is -0.465 e. The second-order valence-corrected chi connectivity index (χ2v) is 4.71. The van der Waals surface area contributed by atoms with Gasteiger partial charge in [0, 0.05) is 11.6 Å². The molecule has 110 valence electrons. The first kappa shape index (κ1) is 15.5. The molecule has 1 heterocycles. The third kappa shape index (κ3) is 3.22. The van der Waals surface area contributed by atoms with Crippen LogP contribution in [-0.4, -0.2) is 18.1 Å². The van der Waals surface area contributed by atoms with Crippen molar-refractivity contribution in [2.45, 2.75) is 0 Å². The summed E-state index contributed by atoms with van der Waals surface area (Å²) in [5.74, 6) is 0.441. The molecule has 0 unspecified atom stereocenters. The second-order valence-electron chi connectivity index (χ2n) is 4.27. The zero-order valence-electron chi connectivity index (χ0n) is 11.7. The van der Waals surface area contributed by atoms with Crippen molar-refractivity contribution >= 4 is 29.3 Å². The van der Waals surface area contributed by atoms with Crippen LogP contribution in [0, 0.1) is 11.3 Å². The summed E-state index contributed by atoms with van der Waals surface area (Å²) < 4.78 is 10.4. The van der Waals surface area contributed by atoms with E-state index in [0.717, 1.165) is 0 Å². The summed E-state index contributed by atoms with van der Waals surface area (Å²) in [6.07, 6.45) is 1.45. The van der Waals surface area contributed by atoms with Crippen molar-refractivity contribution in [3.63, 3.8) is 0 Å². The molecule has 5 nitrogen and oxygen atoms in total. The summed E-state index contributed by atoms with van der Waals surface area (Å²) >= 11 is 4.77. The molecular formula is C16H12N2O3S. The van der Waals surface area contributed by atoms with Crippen LogP contribution in [0.3, 0.4) is 0 Å².